The van der Waals surface area contributed by atoms with E-state index >= 15 is 0 Å². The van der Waals surface area contributed by atoms with Crippen LogP contribution in [0.4, 0.5) is 0 Å². The molecule has 0 aliphatic carbocycles. The largest absolute Gasteiger partial charge is 0.481 e. The van der Waals surface area contributed by atoms with Crippen molar-refractivity contribution >= 4 is 20.3 Å². The summed E-state index contributed by atoms with van der Waals surface area (Å²) in [4.78, 5) is 22.2. The van der Waals surface area contributed by atoms with Crippen molar-refractivity contribution in [2.75, 3.05) is 0 Å². The van der Waals surface area contributed by atoms with Crippen molar-refractivity contribution in [3.05, 3.63) is 0 Å². The molecule has 0 aromatic carbocycles. The van der Waals surface area contributed by atoms with Gasteiger partial charge in [-0.15, -0.1) is 0 Å². The van der Waals surface area contributed by atoms with Crippen LogP contribution in [0, 0.1) is 0 Å². The van der Waals surface area contributed by atoms with Gasteiger partial charge in [-0.25, -0.2) is 0 Å². The third kappa shape index (κ3) is 10.3. The average Bonchev–Trinajstić information content (AvgIpc) is 2.33. The van der Waals surface area contributed by atoms with Crippen molar-refractivity contribution in [1.29, 1.82) is 0 Å². The third-order valence-electron chi connectivity index (χ3n) is 5.00. The van der Waals surface area contributed by atoms with Crippen molar-refractivity contribution in [2.45, 2.75) is 110 Å². The lowest BCUT2D eigenvalue weighted by Crippen LogP contribution is -2.44. The Balaban J connectivity index is 4.71. The number of carbonyl (C=O) groups is 2. The van der Waals surface area contributed by atoms with Crippen molar-refractivity contribution < 1.29 is 29.0 Å². The Morgan fingerprint density at radius 2 is 1.69 bits per heavy atom. The number of hydrogen-bond donors (Lipinski definition) is 2. The second kappa shape index (κ2) is 9.85. The Morgan fingerprint density at radius 1 is 1.15 bits per heavy atom. The Labute approximate surface area is 159 Å². The number of ether oxygens (including phenoxy) is 1. The van der Waals surface area contributed by atoms with Crippen LogP contribution < -0.4 is 0 Å². The van der Waals surface area contributed by atoms with Crippen molar-refractivity contribution in [2.24, 2.45) is 0 Å². The summed E-state index contributed by atoms with van der Waals surface area (Å²) in [5.74, 6) is -1.37. The summed E-state index contributed by atoms with van der Waals surface area (Å²) in [6, 6.07) is 0. The predicted octanol–water partition coefficient (Wildman–Crippen LogP) is 4.11. The first-order valence-electron chi connectivity index (χ1n) is 9.35. The van der Waals surface area contributed by atoms with Gasteiger partial charge in [-0.3, -0.25) is 9.59 Å². The summed E-state index contributed by atoms with van der Waals surface area (Å²) in [5.41, 5.74) is -1.25. The van der Waals surface area contributed by atoms with E-state index in [0.29, 0.717) is 25.7 Å². The molecule has 0 saturated heterocycles. The van der Waals surface area contributed by atoms with Crippen molar-refractivity contribution in [3.8, 4) is 0 Å². The van der Waals surface area contributed by atoms with Crippen LogP contribution in [0.2, 0.25) is 18.1 Å². The zero-order valence-corrected chi connectivity index (χ0v) is 18.7. The molecule has 0 radical (unpaired) electrons. The average molecular weight is 391 g/mol. The fourth-order valence-electron chi connectivity index (χ4n) is 2.68. The molecule has 0 bridgehead atoms. The van der Waals surface area contributed by atoms with E-state index < -0.39 is 19.9 Å². The molecule has 154 valence electrons. The Hall–Kier alpha value is -0.923. The number of carboxylic acids is 1. The zero-order chi connectivity index (χ0) is 20.8. The van der Waals surface area contributed by atoms with E-state index in [9.17, 15) is 14.7 Å². The third-order valence-corrected chi connectivity index (χ3v) is 9.61. The first-order chi connectivity index (χ1) is 11.6. The van der Waals surface area contributed by atoms with Gasteiger partial charge in [0.15, 0.2) is 8.32 Å². The summed E-state index contributed by atoms with van der Waals surface area (Å²) in [5, 5.41) is 19.0. The number of hydrogen-bond acceptors (Lipinski definition) is 5. The number of aliphatic carboxylic acids is 1. The molecule has 3 atom stereocenters. The second-order valence-electron chi connectivity index (χ2n) is 9.12. The van der Waals surface area contributed by atoms with Crippen LogP contribution in [0.3, 0.4) is 0 Å². The van der Waals surface area contributed by atoms with Crippen molar-refractivity contribution in [1.82, 2.24) is 0 Å². The molecule has 0 aromatic heterocycles. The minimum absolute atomic E-state index is 0.0419. The number of esters is 1. The van der Waals surface area contributed by atoms with E-state index in [1.165, 1.54) is 13.8 Å². The minimum atomic E-state index is -1.90. The molecule has 0 unspecified atom stereocenters. The summed E-state index contributed by atoms with van der Waals surface area (Å²) in [6.07, 6.45) is 1.44. The maximum Gasteiger partial charge on any atom is 0.306 e. The Morgan fingerprint density at radius 3 is 2.12 bits per heavy atom. The summed E-state index contributed by atoms with van der Waals surface area (Å²) in [7, 11) is -1.90. The molecular formula is C19H38O6Si. The molecule has 0 aliphatic heterocycles. The van der Waals surface area contributed by atoms with E-state index in [1.54, 1.807) is 0 Å². The maximum absolute atomic E-state index is 11.4. The maximum atomic E-state index is 11.4. The van der Waals surface area contributed by atoms with Crippen LogP contribution in [0.15, 0.2) is 0 Å². The van der Waals surface area contributed by atoms with Gasteiger partial charge in [-0.1, -0.05) is 20.8 Å². The molecule has 6 nitrogen and oxygen atoms in total. The second-order valence-corrected chi connectivity index (χ2v) is 13.9. The highest BCUT2D eigenvalue weighted by atomic mass is 28.4. The lowest BCUT2D eigenvalue weighted by Gasteiger charge is -2.39. The topological polar surface area (TPSA) is 93.1 Å². The van der Waals surface area contributed by atoms with Crippen LogP contribution in [-0.2, 0) is 18.8 Å². The van der Waals surface area contributed by atoms with Crippen LogP contribution in [-0.4, -0.2) is 48.3 Å². The van der Waals surface area contributed by atoms with Gasteiger partial charge in [0.1, 0.15) is 6.10 Å². The van der Waals surface area contributed by atoms with Gasteiger partial charge in [-0.2, -0.15) is 0 Å². The summed E-state index contributed by atoms with van der Waals surface area (Å²) >= 11 is 0. The molecule has 0 heterocycles. The summed E-state index contributed by atoms with van der Waals surface area (Å²) in [6.45, 7) is 15.8. The highest BCUT2D eigenvalue weighted by Crippen LogP contribution is 2.37. The fourth-order valence-corrected chi connectivity index (χ4v) is 4.14. The van der Waals surface area contributed by atoms with E-state index in [2.05, 4.69) is 33.9 Å². The van der Waals surface area contributed by atoms with Crippen molar-refractivity contribution in [3.63, 3.8) is 0 Å². The van der Waals surface area contributed by atoms with Gasteiger partial charge in [-0.05, 0) is 51.2 Å². The highest BCUT2D eigenvalue weighted by molar-refractivity contribution is 6.74. The van der Waals surface area contributed by atoms with E-state index in [4.69, 9.17) is 14.3 Å². The standard InChI is InChI=1S/C19H38O6Si/c1-14(25-26(7,8)18(3,4)5)12-16(24-15(2)20)10-9-11-19(6,23)13-17(21)22/h14,16,23H,9-13H2,1-8H3,(H,21,22)/t14-,16+,19-/m1/s1. The molecule has 0 amide bonds. The number of carboxylic acid groups (broad SMARTS) is 1. The van der Waals surface area contributed by atoms with Gasteiger partial charge in [0.05, 0.1) is 12.0 Å². The zero-order valence-electron chi connectivity index (χ0n) is 17.7. The fraction of sp³-hybridized carbons (Fsp3) is 0.895. The Bertz CT molecular complexity index is 467. The molecule has 0 aromatic rings. The normalized spacial score (nSPS) is 17.3. The quantitative estimate of drug-likeness (QED) is 0.407. The number of aliphatic hydroxyl groups is 1. The lowest BCUT2D eigenvalue weighted by atomic mass is 9.93. The lowest BCUT2D eigenvalue weighted by molar-refractivity contribution is -0.147. The first-order valence-corrected chi connectivity index (χ1v) is 12.3. The van der Waals surface area contributed by atoms with E-state index in [0.717, 1.165) is 0 Å². The highest BCUT2D eigenvalue weighted by Gasteiger charge is 2.38. The van der Waals surface area contributed by atoms with Crippen LogP contribution in [0.5, 0.6) is 0 Å². The molecule has 0 aliphatic rings. The molecule has 2 N–H and O–H groups in total. The molecule has 0 rings (SSSR count). The molecule has 7 heteroatoms. The minimum Gasteiger partial charge on any atom is -0.481 e. The van der Waals surface area contributed by atoms with Crippen LogP contribution in [0.1, 0.15) is 73.6 Å². The van der Waals surface area contributed by atoms with Gasteiger partial charge >= 0.3 is 11.9 Å². The van der Waals surface area contributed by atoms with Gasteiger partial charge in [0.2, 0.25) is 0 Å². The SMILES string of the molecule is CC(=O)O[C@@H](CCC[C@@](C)(O)CC(=O)O)C[C@@H](C)O[Si](C)(C)C(C)(C)C. The summed E-state index contributed by atoms with van der Waals surface area (Å²) < 4.78 is 11.8. The molecule has 0 spiro atoms. The predicted molar refractivity (Wildman–Crippen MR) is 105 cm³/mol. The smallest absolute Gasteiger partial charge is 0.306 e. The van der Waals surface area contributed by atoms with E-state index in [-0.39, 0.29) is 29.6 Å². The molecular weight excluding hydrogens is 352 g/mol. The van der Waals surface area contributed by atoms with Gasteiger partial charge in [0.25, 0.3) is 0 Å². The molecule has 26 heavy (non-hydrogen) atoms. The van der Waals surface area contributed by atoms with Crippen LogP contribution in [0.25, 0.3) is 0 Å². The molecule has 0 fully saturated rings. The number of rotatable bonds is 11. The Kier molecular flexibility index (Phi) is 9.50. The van der Waals surface area contributed by atoms with Gasteiger partial charge < -0.3 is 19.4 Å². The number of carbonyl (C=O) groups excluding carboxylic acids is 1. The van der Waals surface area contributed by atoms with Gasteiger partial charge in [0, 0.05) is 19.4 Å². The van der Waals surface area contributed by atoms with Crippen LogP contribution >= 0.6 is 0 Å². The monoisotopic (exact) mass is 390 g/mol. The first kappa shape index (κ1) is 25.1. The molecule has 0 saturated carbocycles. The van der Waals surface area contributed by atoms with E-state index in [1.807, 2.05) is 6.92 Å².